The summed E-state index contributed by atoms with van der Waals surface area (Å²) in [7, 11) is 3.15. The van der Waals surface area contributed by atoms with E-state index in [2.05, 4.69) is 16.9 Å². The summed E-state index contributed by atoms with van der Waals surface area (Å²) >= 11 is 0. The van der Waals surface area contributed by atoms with Crippen molar-refractivity contribution in [1.29, 1.82) is 0 Å². The molecule has 3 heteroatoms. The van der Waals surface area contributed by atoms with E-state index in [-0.39, 0.29) is 0 Å². The van der Waals surface area contributed by atoms with Gasteiger partial charge in [-0.15, -0.1) is 0 Å². The molecule has 0 spiro atoms. The molecule has 0 aliphatic heterocycles. The van der Waals surface area contributed by atoms with E-state index in [0.717, 1.165) is 0 Å². The second kappa shape index (κ2) is 1.64. The largest absolute Gasteiger partial charge is 0.409 e. The van der Waals surface area contributed by atoms with Crippen LogP contribution in [0.5, 0.6) is 0 Å². The molecule has 1 radical (unpaired) electrons. The van der Waals surface area contributed by atoms with Crippen molar-refractivity contribution in [3.05, 3.63) is 25.8 Å². The zero-order chi connectivity index (χ0) is 5.11. The molecule has 0 amide bonds. The molecule has 7 heavy (non-hydrogen) atoms. The lowest BCUT2D eigenvalue weighted by Gasteiger charge is -1.91. The van der Waals surface area contributed by atoms with Crippen LogP contribution in [0.2, 0.25) is 0 Å². The first kappa shape index (κ1) is 4.18. The van der Waals surface area contributed by atoms with Crippen molar-refractivity contribution in [2.24, 2.45) is 0 Å². The summed E-state index contributed by atoms with van der Waals surface area (Å²) in [5.41, 5.74) is 0. The lowest BCUT2D eigenvalue weighted by atomic mass is 11.0. The lowest BCUT2D eigenvalue weighted by Crippen LogP contribution is -1.97. The van der Waals surface area contributed by atoms with E-state index >= 15 is 0 Å². The fourth-order valence-electron chi connectivity index (χ4n) is 0.323. The molecule has 0 aromatic carbocycles. The molecular weight excluding hydrogens is 92.1 g/mol. The third-order valence-corrected chi connectivity index (χ3v) is 0.629. The first-order valence-corrected chi connectivity index (χ1v) is 1.84. The Hall–Kier alpha value is -0.990. The molecule has 0 unspecified atom stereocenters. The average Bonchev–Trinajstić information content (AvgIpc) is 2.14. The van der Waals surface area contributed by atoms with Crippen LogP contribution in [0.3, 0.4) is 0 Å². The molecule has 37 valence electrons. The molecule has 0 N–H and O–H groups in total. The molecule has 0 fully saturated rings. The Balaban J connectivity index is 2.76. The highest BCUT2D eigenvalue weighted by Gasteiger charge is 1.77. The van der Waals surface area contributed by atoms with Crippen molar-refractivity contribution < 1.29 is 4.84 Å². The maximum absolute atomic E-state index is 4.46. The van der Waals surface area contributed by atoms with Crippen LogP contribution in [0.1, 0.15) is 0 Å². The quantitative estimate of drug-likeness (QED) is 0.497. The van der Waals surface area contributed by atoms with Gasteiger partial charge < -0.3 is 4.84 Å². The summed E-state index contributed by atoms with van der Waals surface area (Å²) in [5, 5.41) is 0. The van der Waals surface area contributed by atoms with Crippen LogP contribution in [0.4, 0.5) is 0 Å². The van der Waals surface area contributed by atoms with Gasteiger partial charge in [0, 0.05) is 6.20 Å². The first-order valence-electron chi connectivity index (χ1n) is 1.84. The van der Waals surface area contributed by atoms with E-state index in [4.69, 9.17) is 0 Å². The number of hydrogen-bond acceptors (Lipinski definition) is 2. The van der Waals surface area contributed by atoms with Crippen molar-refractivity contribution in [1.82, 2.24) is 9.71 Å². The predicted molar refractivity (Wildman–Crippen MR) is 24.2 cm³/mol. The number of aromatic nitrogens is 2. The van der Waals surface area contributed by atoms with Crippen molar-refractivity contribution in [3.8, 4) is 0 Å². The molecule has 0 atom stereocenters. The maximum atomic E-state index is 4.46. The van der Waals surface area contributed by atoms with E-state index in [0.29, 0.717) is 0 Å². The number of rotatable bonds is 1. The minimum absolute atomic E-state index is 1.40. The molecule has 0 aliphatic rings. The van der Waals surface area contributed by atoms with Crippen molar-refractivity contribution in [2.75, 3.05) is 0 Å². The Morgan fingerprint density at radius 2 is 2.57 bits per heavy atom. The number of imidazole rings is 1. The Bertz CT molecular complexity index is 124. The second-order valence-electron chi connectivity index (χ2n) is 1.05. The molecule has 0 aliphatic carbocycles. The van der Waals surface area contributed by atoms with Crippen LogP contribution in [-0.2, 0) is 0 Å². The highest BCUT2D eigenvalue weighted by molar-refractivity contribution is 4.69. The van der Waals surface area contributed by atoms with Crippen LogP contribution in [0, 0.1) is 7.11 Å². The predicted octanol–water partition coefficient (Wildman–Crippen LogP) is 0.103. The van der Waals surface area contributed by atoms with Crippen LogP contribution < -0.4 is 4.84 Å². The summed E-state index contributed by atoms with van der Waals surface area (Å²) < 4.78 is 1.40. The van der Waals surface area contributed by atoms with Crippen molar-refractivity contribution in [2.45, 2.75) is 0 Å². The smallest absolute Gasteiger partial charge is 0.151 e. The molecule has 1 aromatic heterocycles. The van der Waals surface area contributed by atoms with Crippen LogP contribution in [-0.4, -0.2) is 9.71 Å². The lowest BCUT2D eigenvalue weighted by molar-refractivity contribution is 0.205. The van der Waals surface area contributed by atoms with Gasteiger partial charge in [0.05, 0.1) is 6.20 Å². The molecule has 3 nitrogen and oxygen atoms in total. The van der Waals surface area contributed by atoms with E-state index in [1.165, 1.54) is 11.1 Å². The van der Waals surface area contributed by atoms with Gasteiger partial charge in [-0.3, -0.25) is 0 Å². The van der Waals surface area contributed by atoms with E-state index in [1.807, 2.05) is 0 Å². The normalized spacial score (nSPS) is 8.71. The van der Waals surface area contributed by atoms with Gasteiger partial charge in [-0.2, -0.15) is 4.73 Å². The summed E-state index contributed by atoms with van der Waals surface area (Å²) in [6, 6.07) is 0. The Labute approximate surface area is 41.5 Å². The van der Waals surface area contributed by atoms with Gasteiger partial charge in [0.15, 0.2) is 7.11 Å². The van der Waals surface area contributed by atoms with E-state index in [1.54, 1.807) is 12.4 Å². The molecule has 1 heterocycles. The maximum Gasteiger partial charge on any atom is 0.151 e. The van der Waals surface area contributed by atoms with Gasteiger partial charge in [0.2, 0.25) is 0 Å². The minimum Gasteiger partial charge on any atom is -0.409 e. The van der Waals surface area contributed by atoms with E-state index < -0.39 is 0 Å². The van der Waals surface area contributed by atoms with Gasteiger partial charge in [0.1, 0.15) is 6.33 Å². The minimum atomic E-state index is 1.40. The van der Waals surface area contributed by atoms with Gasteiger partial charge >= 0.3 is 0 Å². The zero-order valence-corrected chi connectivity index (χ0v) is 3.74. The Morgan fingerprint density at radius 1 is 1.71 bits per heavy atom. The van der Waals surface area contributed by atoms with Crippen LogP contribution in [0.25, 0.3) is 0 Å². The topological polar surface area (TPSA) is 27.1 Å². The van der Waals surface area contributed by atoms with Gasteiger partial charge in [-0.05, 0) is 0 Å². The monoisotopic (exact) mass is 97.0 g/mol. The van der Waals surface area contributed by atoms with Crippen LogP contribution >= 0.6 is 0 Å². The standard InChI is InChI=1S/C4H5N2O/c1-7-6-3-2-5-4-6/h2-4H,1H2. The zero-order valence-electron chi connectivity index (χ0n) is 3.74. The number of hydrogen-bond donors (Lipinski definition) is 0. The molecular formula is C4H5N2O. The third-order valence-electron chi connectivity index (χ3n) is 0.629. The molecule has 0 bridgehead atoms. The Morgan fingerprint density at radius 3 is 2.86 bits per heavy atom. The number of nitrogens with zero attached hydrogens (tertiary/aromatic N) is 2. The second-order valence-corrected chi connectivity index (χ2v) is 1.05. The summed E-state index contributed by atoms with van der Waals surface area (Å²) in [6.45, 7) is 0. The fraction of sp³-hybridized carbons (Fsp3) is 0. The molecule has 0 saturated heterocycles. The molecule has 1 aromatic rings. The van der Waals surface area contributed by atoms with E-state index in [9.17, 15) is 0 Å². The van der Waals surface area contributed by atoms with Gasteiger partial charge in [-0.25, -0.2) is 4.98 Å². The third kappa shape index (κ3) is 0.707. The molecule has 1 rings (SSSR count). The summed E-state index contributed by atoms with van der Waals surface area (Å²) in [5.74, 6) is 0. The highest BCUT2D eigenvalue weighted by atomic mass is 16.6. The SMILES string of the molecule is [CH2]On1ccnc1. The fourth-order valence-corrected chi connectivity index (χ4v) is 0.323. The first-order chi connectivity index (χ1) is 3.43. The Kier molecular flexibility index (Phi) is 0.978. The van der Waals surface area contributed by atoms with Gasteiger partial charge in [0.25, 0.3) is 0 Å². The highest BCUT2D eigenvalue weighted by Crippen LogP contribution is 1.76. The average molecular weight is 97.1 g/mol. The van der Waals surface area contributed by atoms with Crippen molar-refractivity contribution >= 4 is 0 Å². The summed E-state index contributed by atoms with van der Waals surface area (Å²) in [4.78, 5) is 8.15. The summed E-state index contributed by atoms with van der Waals surface area (Å²) in [6.07, 6.45) is 4.80. The van der Waals surface area contributed by atoms with Crippen molar-refractivity contribution in [3.63, 3.8) is 0 Å². The van der Waals surface area contributed by atoms with Crippen LogP contribution in [0.15, 0.2) is 18.7 Å². The molecule has 0 saturated carbocycles. The van der Waals surface area contributed by atoms with Gasteiger partial charge in [-0.1, -0.05) is 0 Å².